The van der Waals surface area contributed by atoms with E-state index in [1.165, 1.54) is 4.31 Å². The van der Waals surface area contributed by atoms with Gasteiger partial charge in [-0.25, -0.2) is 5.14 Å². The van der Waals surface area contributed by atoms with Gasteiger partial charge in [0.1, 0.15) is 0 Å². The first-order valence-corrected chi connectivity index (χ1v) is 8.82. The molecule has 0 bridgehead atoms. The molecule has 0 fully saturated rings. The van der Waals surface area contributed by atoms with Crippen LogP contribution in [0.4, 0.5) is 0 Å². The largest absolute Gasteiger partial charge is 0.277 e. The van der Waals surface area contributed by atoms with E-state index in [1.54, 1.807) is 0 Å². The third-order valence-corrected chi connectivity index (χ3v) is 5.14. The topological polar surface area (TPSA) is 63.4 Å². The van der Waals surface area contributed by atoms with Crippen molar-refractivity contribution in [3.05, 3.63) is 0 Å². The Kier molecular flexibility index (Phi) is 7.00. The van der Waals surface area contributed by atoms with Gasteiger partial charge in [-0.15, -0.1) is 0 Å². The Hall–Kier alpha value is -0.130. The van der Waals surface area contributed by atoms with Gasteiger partial charge in [0.2, 0.25) is 0 Å². The van der Waals surface area contributed by atoms with E-state index in [0.29, 0.717) is 0 Å². The van der Waals surface area contributed by atoms with Gasteiger partial charge in [-0.3, -0.25) is 0 Å². The zero-order chi connectivity index (χ0) is 15.3. The van der Waals surface area contributed by atoms with Crippen LogP contribution in [0, 0.1) is 0 Å². The molecule has 0 radical (unpaired) electrons. The van der Waals surface area contributed by atoms with Gasteiger partial charge in [0.05, 0.1) is 0 Å². The molecule has 0 amide bonds. The van der Waals surface area contributed by atoms with Crippen molar-refractivity contribution in [1.82, 2.24) is 4.31 Å². The monoisotopic (exact) mass is 292 g/mol. The summed E-state index contributed by atoms with van der Waals surface area (Å²) in [6.07, 6.45) is 5.77. The summed E-state index contributed by atoms with van der Waals surface area (Å²) in [5.74, 6) is 0. The van der Waals surface area contributed by atoms with E-state index in [1.807, 2.05) is 27.7 Å². The predicted octanol–water partition coefficient (Wildman–Crippen LogP) is 3.43. The van der Waals surface area contributed by atoms with E-state index in [4.69, 9.17) is 5.14 Å². The molecule has 0 aromatic carbocycles. The molecule has 0 aromatic heterocycles. The normalized spacial score (nSPS) is 14.1. The second-order valence-corrected chi connectivity index (χ2v) is 8.04. The summed E-state index contributed by atoms with van der Waals surface area (Å²) < 4.78 is 25.6. The van der Waals surface area contributed by atoms with Crippen LogP contribution in [0.5, 0.6) is 0 Å². The summed E-state index contributed by atoms with van der Waals surface area (Å²) in [4.78, 5) is 0. The molecule has 0 heterocycles. The average Bonchev–Trinajstić information content (AvgIpc) is 2.20. The molecule has 19 heavy (non-hydrogen) atoms. The van der Waals surface area contributed by atoms with Gasteiger partial charge < -0.3 is 0 Å². The lowest BCUT2D eigenvalue weighted by Crippen LogP contribution is -2.60. The standard InChI is InChI=1S/C14H32N2O2S/c1-7-9-11-13(3,4)16(19(15,17)18)14(5,6)12-10-8-2/h7-12H2,1-6H3,(H2,15,17,18). The summed E-state index contributed by atoms with van der Waals surface area (Å²) in [7, 11) is -3.71. The molecular weight excluding hydrogens is 260 g/mol. The Balaban J connectivity index is 5.33. The van der Waals surface area contributed by atoms with Crippen molar-refractivity contribution >= 4 is 10.2 Å². The Labute approximate surface area is 119 Å². The molecule has 0 aliphatic heterocycles. The number of unbranched alkanes of at least 4 members (excludes halogenated alkanes) is 2. The van der Waals surface area contributed by atoms with Crippen LogP contribution in [0.3, 0.4) is 0 Å². The van der Waals surface area contributed by atoms with Gasteiger partial charge in [0.15, 0.2) is 0 Å². The molecule has 0 aromatic rings. The molecule has 0 aliphatic carbocycles. The van der Waals surface area contributed by atoms with E-state index >= 15 is 0 Å². The summed E-state index contributed by atoms with van der Waals surface area (Å²) in [5.41, 5.74) is -0.887. The van der Waals surface area contributed by atoms with Gasteiger partial charge in [-0.05, 0) is 40.5 Å². The molecule has 0 unspecified atom stereocenters. The van der Waals surface area contributed by atoms with E-state index < -0.39 is 21.3 Å². The molecule has 5 heteroatoms. The van der Waals surface area contributed by atoms with Crippen molar-refractivity contribution in [2.24, 2.45) is 5.14 Å². The maximum absolute atomic E-state index is 12.1. The minimum absolute atomic E-state index is 0.444. The zero-order valence-corrected chi connectivity index (χ0v) is 14.3. The number of rotatable bonds is 9. The minimum Gasteiger partial charge on any atom is -0.216 e. The lowest BCUT2D eigenvalue weighted by Gasteiger charge is -2.46. The van der Waals surface area contributed by atoms with E-state index in [2.05, 4.69) is 13.8 Å². The molecule has 0 saturated heterocycles. The zero-order valence-electron chi connectivity index (χ0n) is 13.5. The molecule has 0 aliphatic rings. The first-order chi connectivity index (χ1) is 8.49. The van der Waals surface area contributed by atoms with Gasteiger partial charge >= 0.3 is 0 Å². The van der Waals surface area contributed by atoms with Gasteiger partial charge in [0, 0.05) is 11.1 Å². The van der Waals surface area contributed by atoms with Crippen LogP contribution in [0.1, 0.15) is 80.1 Å². The van der Waals surface area contributed by atoms with E-state index in [-0.39, 0.29) is 0 Å². The predicted molar refractivity (Wildman–Crippen MR) is 82.2 cm³/mol. The molecule has 4 nitrogen and oxygen atoms in total. The quantitative estimate of drug-likeness (QED) is 0.707. The van der Waals surface area contributed by atoms with Gasteiger partial charge in [-0.1, -0.05) is 39.5 Å². The Bertz CT molecular complexity index is 342. The van der Waals surface area contributed by atoms with Crippen LogP contribution in [0.2, 0.25) is 0 Å². The maximum Gasteiger partial charge on any atom is 0.277 e. The fourth-order valence-corrected chi connectivity index (χ4v) is 4.49. The second-order valence-electron chi connectivity index (χ2n) is 6.64. The fraction of sp³-hybridized carbons (Fsp3) is 1.00. The molecule has 0 spiro atoms. The van der Waals surface area contributed by atoms with Crippen molar-refractivity contribution in [3.63, 3.8) is 0 Å². The summed E-state index contributed by atoms with van der Waals surface area (Å²) in [5, 5.41) is 5.49. The Morgan fingerprint density at radius 3 is 1.42 bits per heavy atom. The fourth-order valence-electron chi connectivity index (χ4n) is 2.93. The second kappa shape index (κ2) is 7.04. The van der Waals surface area contributed by atoms with Crippen LogP contribution in [-0.4, -0.2) is 23.8 Å². The van der Waals surface area contributed by atoms with E-state index in [0.717, 1.165) is 38.5 Å². The highest BCUT2D eigenvalue weighted by molar-refractivity contribution is 7.86. The Morgan fingerprint density at radius 2 is 1.21 bits per heavy atom. The SMILES string of the molecule is CCCCC(C)(C)N(C(C)(C)CCCC)S(N)(=O)=O. The number of hydrogen-bond acceptors (Lipinski definition) is 2. The molecule has 0 rings (SSSR count). The van der Waals surface area contributed by atoms with Crippen LogP contribution >= 0.6 is 0 Å². The molecule has 0 atom stereocenters. The van der Waals surface area contributed by atoms with Crippen molar-refractivity contribution in [2.45, 2.75) is 91.1 Å². The molecule has 2 N–H and O–H groups in total. The summed E-state index contributed by atoms with van der Waals surface area (Å²) in [6.45, 7) is 12.1. The third kappa shape index (κ3) is 5.79. The maximum atomic E-state index is 12.1. The van der Waals surface area contributed by atoms with Gasteiger partial charge in [0.25, 0.3) is 10.2 Å². The molecule has 0 saturated carbocycles. The highest BCUT2D eigenvalue weighted by Crippen LogP contribution is 2.34. The van der Waals surface area contributed by atoms with Crippen molar-refractivity contribution < 1.29 is 8.42 Å². The van der Waals surface area contributed by atoms with Crippen LogP contribution in [-0.2, 0) is 10.2 Å². The number of nitrogens with two attached hydrogens (primary N) is 1. The Morgan fingerprint density at radius 1 is 0.895 bits per heavy atom. The van der Waals surface area contributed by atoms with Crippen LogP contribution < -0.4 is 5.14 Å². The smallest absolute Gasteiger partial charge is 0.216 e. The first kappa shape index (κ1) is 18.9. The molecular formula is C14H32N2O2S. The first-order valence-electron chi connectivity index (χ1n) is 7.32. The lowest BCUT2D eigenvalue weighted by molar-refractivity contribution is 0.0932. The van der Waals surface area contributed by atoms with Crippen molar-refractivity contribution in [1.29, 1.82) is 0 Å². The number of hydrogen-bond donors (Lipinski definition) is 1. The van der Waals surface area contributed by atoms with Gasteiger partial charge in [-0.2, -0.15) is 12.7 Å². The third-order valence-electron chi connectivity index (χ3n) is 3.64. The minimum atomic E-state index is -3.71. The lowest BCUT2D eigenvalue weighted by atomic mass is 9.89. The summed E-state index contributed by atoms with van der Waals surface area (Å²) in [6, 6.07) is 0. The van der Waals surface area contributed by atoms with Crippen LogP contribution in [0.15, 0.2) is 0 Å². The average molecular weight is 292 g/mol. The van der Waals surface area contributed by atoms with E-state index in [9.17, 15) is 8.42 Å². The highest BCUT2D eigenvalue weighted by Gasteiger charge is 2.43. The van der Waals surface area contributed by atoms with Crippen molar-refractivity contribution in [3.8, 4) is 0 Å². The highest BCUT2D eigenvalue weighted by atomic mass is 32.2. The number of nitrogens with zero attached hydrogens (tertiary/aromatic N) is 1. The summed E-state index contributed by atoms with van der Waals surface area (Å²) >= 11 is 0. The van der Waals surface area contributed by atoms with Crippen molar-refractivity contribution in [2.75, 3.05) is 0 Å². The molecule has 116 valence electrons. The van der Waals surface area contributed by atoms with Crippen LogP contribution in [0.25, 0.3) is 0 Å².